The molecule has 1 fully saturated rings. The van der Waals surface area contributed by atoms with Gasteiger partial charge in [0.2, 0.25) is 0 Å². The van der Waals surface area contributed by atoms with Gasteiger partial charge in [-0.3, -0.25) is 9.69 Å². The van der Waals surface area contributed by atoms with Crippen molar-refractivity contribution in [3.8, 4) is 11.3 Å². The van der Waals surface area contributed by atoms with Gasteiger partial charge in [0.15, 0.2) is 5.17 Å². The molecule has 0 unspecified atom stereocenters. The van der Waals surface area contributed by atoms with Crippen LogP contribution in [0.3, 0.4) is 0 Å². The maximum Gasteiger partial charge on any atom is 0.267 e. The molecule has 8 heteroatoms. The fraction of sp³-hybridized carbons (Fsp3) is 0.0357. The van der Waals surface area contributed by atoms with Gasteiger partial charge in [-0.2, -0.15) is 0 Å². The van der Waals surface area contributed by atoms with E-state index in [1.165, 1.54) is 23.9 Å². The molecule has 0 radical (unpaired) electrons. The zero-order chi connectivity index (χ0) is 25.1. The Kier molecular flexibility index (Phi) is 6.75. The van der Waals surface area contributed by atoms with Crippen LogP contribution in [0.5, 0.6) is 0 Å². The summed E-state index contributed by atoms with van der Waals surface area (Å²) in [7, 11) is 0. The number of hydrogen-bond donors (Lipinski definition) is 0. The first-order chi connectivity index (χ1) is 17.5. The van der Waals surface area contributed by atoms with Crippen LogP contribution < -0.4 is 5.11 Å². The highest BCUT2D eigenvalue weighted by atomic mass is 35.5. The molecule has 6 nitrogen and oxygen atoms in total. The summed E-state index contributed by atoms with van der Waals surface area (Å²) in [5.41, 5.74) is 2.15. The third-order valence-corrected chi connectivity index (χ3v) is 6.76. The number of furan rings is 1. The van der Waals surface area contributed by atoms with Gasteiger partial charge in [-0.25, -0.2) is 4.99 Å². The number of para-hydroxylation sites is 1. The quantitative estimate of drug-likeness (QED) is 0.306. The van der Waals surface area contributed by atoms with Crippen molar-refractivity contribution >= 4 is 52.2 Å². The van der Waals surface area contributed by atoms with Crippen LogP contribution in [0.4, 0.5) is 5.69 Å². The number of nitrogens with zero attached hydrogens (tertiary/aromatic N) is 2. The molecule has 0 atom stereocenters. The molecule has 36 heavy (non-hydrogen) atoms. The summed E-state index contributed by atoms with van der Waals surface area (Å²) >= 11 is 7.21. The van der Waals surface area contributed by atoms with Crippen molar-refractivity contribution in [2.75, 3.05) is 0 Å². The Morgan fingerprint density at radius 2 is 1.72 bits per heavy atom. The summed E-state index contributed by atoms with van der Waals surface area (Å²) in [4.78, 5) is 31.5. The molecule has 0 aliphatic carbocycles. The van der Waals surface area contributed by atoms with Crippen LogP contribution in [-0.2, 0) is 11.3 Å². The van der Waals surface area contributed by atoms with Gasteiger partial charge in [-0.05, 0) is 59.8 Å². The molecule has 4 aromatic rings. The lowest BCUT2D eigenvalue weighted by molar-refractivity contribution is -0.255. The number of aromatic carboxylic acids is 1. The number of aliphatic imine (C=N–C) groups is 1. The minimum absolute atomic E-state index is 0.0874. The molecule has 178 valence electrons. The molecule has 0 saturated carbocycles. The van der Waals surface area contributed by atoms with E-state index in [2.05, 4.69) is 0 Å². The van der Waals surface area contributed by atoms with Crippen molar-refractivity contribution in [2.24, 2.45) is 4.99 Å². The highest BCUT2D eigenvalue weighted by Gasteiger charge is 2.33. The van der Waals surface area contributed by atoms with Crippen molar-refractivity contribution in [1.82, 2.24) is 4.90 Å². The molecule has 1 saturated heterocycles. The van der Waals surface area contributed by atoms with E-state index in [4.69, 9.17) is 21.0 Å². The highest BCUT2D eigenvalue weighted by Crippen LogP contribution is 2.36. The number of carboxylic acid groups (broad SMARTS) is 1. The lowest BCUT2D eigenvalue weighted by Gasteiger charge is -2.15. The Labute approximate surface area is 216 Å². The molecular formula is C28H18ClN2O4S-. The smallest absolute Gasteiger partial charge is 0.267 e. The van der Waals surface area contributed by atoms with E-state index in [0.29, 0.717) is 33.7 Å². The fourth-order valence-electron chi connectivity index (χ4n) is 3.66. The summed E-state index contributed by atoms with van der Waals surface area (Å²) < 4.78 is 5.90. The molecule has 2 heterocycles. The lowest BCUT2D eigenvalue weighted by Crippen LogP contribution is -2.28. The van der Waals surface area contributed by atoms with Crippen LogP contribution in [0.2, 0.25) is 5.02 Å². The first kappa shape index (κ1) is 23.7. The van der Waals surface area contributed by atoms with E-state index >= 15 is 0 Å². The summed E-state index contributed by atoms with van der Waals surface area (Å²) in [6.45, 7) is 0.385. The van der Waals surface area contributed by atoms with Crippen molar-refractivity contribution in [2.45, 2.75) is 6.54 Å². The Bertz CT molecular complexity index is 1500. The molecule has 0 N–H and O–H groups in total. The molecule has 1 aliphatic rings. The molecule has 0 spiro atoms. The number of thioether (sulfide) groups is 1. The monoisotopic (exact) mass is 513 g/mol. The minimum Gasteiger partial charge on any atom is -0.545 e. The van der Waals surface area contributed by atoms with Crippen LogP contribution in [0, 0.1) is 0 Å². The summed E-state index contributed by atoms with van der Waals surface area (Å²) in [5, 5.41) is 12.0. The molecular weight excluding hydrogens is 496 g/mol. The van der Waals surface area contributed by atoms with E-state index < -0.39 is 5.97 Å². The summed E-state index contributed by atoms with van der Waals surface area (Å²) in [5.74, 6) is -0.656. The van der Waals surface area contributed by atoms with Crippen molar-refractivity contribution in [3.05, 3.63) is 118 Å². The Hall–Kier alpha value is -4.07. The van der Waals surface area contributed by atoms with Gasteiger partial charge in [0, 0.05) is 22.2 Å². The van der Waals surface area contributed by atoms with Gasteiger partial charge in [0.05, 0.1) is 23.1 Å². The second kappa shape index (κ2) is 10.3. The fourth-order valence-corrected chi connectivity index (χ4v) is 4.83. The number of rotatable bonds is 6. The number of carboxylic acids is 1. The van der Waals surface area contributed by atoms with E-state index in [-0.39, 0.29) is 16.5 Å². The van der Waals surface area contributed by atoms with Crippen LogP contribution in [-0.4, -0.2) is 21.9 Å². The molecule has 3 aromatic carbocycles. The molecule has 1 amide bonds. The van der Waals surface area contributed by atoms with Gasteiger partial charge < -0.3 is 14.3 Å². The standard InChI is InChI=1S/C28H19ClN2O4S/c29-23-13-11-19(15-22(23)27(33)34)24-14-12-21(35-24)16-25-26(32)31(17-18-7-3-1-4-8-18)28(36-25)30-20-9-5-2-6-10-20/h1-16H,17H2,(H,33,34)/p-1. The zero-order valence-corrected chi connectivity index (χ0v) is 20.3. The zero-order valence-electron chi connectivity index (χ0n) is 18.8. The van der Waals surface area contributed by atoms with Crippen LogP contribution in [0.25, 0.3) is 17.4 Å². The number of halogens is 1. The maximum atomic E-state index is 13.4. The van der Waals surface area contributed by atoms with Gasteiger partial charge in [0.1, 0.15) is 11.5 Å². The largest absolute Gasteiger partial charge is 0.545 e. The van der Waals surface area contributed by atoms with E-state index in [1.54, 1.807) is 29.2 Å². The van der Waals surface area contributed by atoms with Gasteiger partial charge in [-0.15, -0.1) is 0 Å². The van der Waals surface area contributed by atoms with Crippen molar-refractivity contribution in [3.63, 3.8) is 0 Å². The highest BCUT2D eigenvalue weighted by molar-refractivity contribution is 8.18. The lowest BCUT2D eigenvalue weighted by atomic mass is 10.1. The molecule has 1 aromatic heterocycles. The Balaban J connectivity index is 1.46. The SMILES string of the molecule is O=C([O-])c1cc(-c2ccc(C=C3SC(=Nc4ccccc4)N(Cc4ccccc4)C3=O)o2)ccc1Cl. The predicted octanol–water partition coefficient (Wildman–Crippen LogP) is 5.77. The average molecular weight is 514 g/mol. The number of amides is 1. The molecule has 0 bridgehead atoms. The van der Waals surface area contributed by atoms with Crippen LogP contribution in [0.1, 0.15) is 21.7 Å². The summed E-state index contributed by atoms with van der Waals surface area (Å²) in [6, 6.07) is 27.1. The number of benzene rings is 3. The third kappa shape index (κ3) is 5.12. The van der Waals surface area contributed by atoms with E-state index in [1.807, 2.05) is 60.7 Å². The van der Waals surface area contributed by atoms with E-state index in [9.17, 15) is 14.7 Å². The Morgan fingerprint density at radius 3 is 2.44 bits per heavy atom. The third-order valence-electron chi connectivity index (χ3n) is 5.42. The van der Waals surface area contributed by atoms with Crippen molar-refractivity contribution in [1.29, 1.82) is 0 Å². The van der Waals surface area contributed by atoms with Gasteiger partial charge in [0.25, 0.3) is 5.91 Å². The van der Waals surface area contributed by atoms with E-state index in [0.717, 1.165) is 11.3 Å². The second-order valence-corrected chi connectivity index (χ2v) is 9.32. The van der Waals surface area contributed by atoms with Crippen LogP contribution in [0.15, 0.2) is 105 Å². The number of amidine groups is 1. The van der Waals surface area contributed by atoms with Crippen molar-refractivity contribution < 1.29 is 19.1 Å². The van der Waals surface area contributed by atoms with Gasteiger partial charge >= 0.3 is 0 Å². The average Bonchev–Trinajstić information content (AvgIpc) is 3.46. The minimum atomic E-state index is -1.37. The normalized spacial score (nSPS) is 15.7. The molecule has 5 rings (SSSR count). The number of carbonyl (C=O) groups excluding carboxylic acids is 2. The van der Waals surface area contributed by atoms with Gasteiger partial charge in [-0.1, -0.05) is 60.1 Å². The second-order valence-electron chi connectivity index (χ2n) is 7.90. The number of carbonyl (C=O) groups is 2. The Morgan fingerprint density at radius 1 is 1.00 bits per heavy atom. The predicted molar refractivity (Wildman–Crippen MR) is 140 cm³/mol. The summed E-state index contributed by atoms with van der Waals surface area (Å²) in [6.07, 6.45) is 1.66. The number of hydrogen-bond acceptors (Lipinski definition) is 6. The topological polar surface area (TPSA) is 85.9 Å². The maximum absolute atomic E-state index is 13.4. The van der Waals surface area contributed by atoms with Crippen LogP contribution >= 0.6 is 23.4 Å². The molecule has 1 aliphatic heterocycles. The first-order valence-corrected chi connectivity index (χ1v) is 12.2. The first-order valence-electron chi connectivity index (χ1n) is 11.0.